The molecule has 0 radical (unpaired) electrons. The van der Waals surface area contributed by atoms with E-state index in [9.17, 15) is 4.79 Å². The highest BCUT2D eigenvalue weighted by atomic mass is 35.5. The summed E-state index contributed by atoms with van der Waals surface area (Å²) in [7, 11) is 0. The molecule has 1 amide bonds. The van der Waals surface area contributed by atoms with Crippen LogP contribution in [0.4, 0.5) is 0 Å². The van der Waals surface area contributed by atoms with Gasteiger partial charge in [0.15, 0.2) is 0 Å². The van der Waals surface area contributed by atoms with Gasteiger partial charge < -0.3 is 15.6 Å². The summed E-state index contributed by atoms with van der Waals surface area (Å²) < 4.78 is 0. The average molecular weight is 364 g/mol. The highest BCUT2D eigenvalue weighted by Crippen LogP contribution is 2.24. The number of fused-ring (bicyclic) bond motifs is 1. The van der Waals surface area contributed by atoms with E-state index in [0.29, 0.717) is 24.8 Å². The molecule has 0 aliphatic carbocycles. The zero-order valence-electron chi connectivity index (χ0n) is 15.2. The van der Waals surface area contributed by atoms with Crippen molar-refractivity contribution in [2.24, 2.45) is 11.8 Å². The Morgan fingerprint density at radius 2 is 2.08 bits per heavy atom. The molecule has 2 heterocycles. The van der Waals surface area contributed by atoms with Crippen LogP contribution in [0.15, 0.2) is 24.4 Å². The van der Waals surface area contributed by atoms with Crippen LogP contribution in [0.2, 0.25) is 0 Å². The molecule has 0 spiro atoms. The summed E-state index contributed by atoms with van der Waals surface area (Å²) in [6, 6.07) is 6.36. The molecule has 5 heteroatoms. The summed E-state index contributed by atoms with van der Waals surface area (Å²) in [5.41, 5.74) is 3.75. The first-order valence-corrected chi connectivity index (χ1v) is 9.18. The molecule has 25 heavy (non-hydrogen) atoms. The number of aryl methyl sites for hydroxylation is 1. The van der Waals surface area contributed by atoms with Crippen molar-refractivity contribution in [2.75, 3.05) is 19.6 Å². The lowest BCUT2D eigenvalue weighted by atomic mass is 9.84. The van der Waals surface area contributed by atoms with Gasteiger partial charge in [-0.15, -0.1) is 12.4 Å². The fourth-order valence-corrected chi connectivity index (χ4v) is 3.85. The Hall–Kier alpha value is -1.52. The van der Waals surface area contributed by atoms with Crippen molar-refractivity contribution in [3.05, 3.63) is 35.5 Å². The highest BCUT2D eigenvalue weighted by molar-refractivity contribution is 5.86. The smallest absolute Gasteiger partial charge is 0.220 e. The summed E-state index contributed by atoms with van der Waals surface area (Å²) in [4.78, 5) is 15.6. The van der Waals surface area contributed by atoms with Crippen molar-refractivity contribution >= 4 is 29.2 Å². The lowest BCUT2D eigenvalue weighted by Crippen LogP contribution is -2.34. The van der Waals surface area contributed by atoms with E-state index in [4.69, 9.17) is 0 Å². The molecular weight excluding hydrogens is 334 g/mol. The van der Waals surface area contributed by atoms with Crippen LogP contribution in [0.1, 0.15) is 37.3 Å². The third kappa shape index (κ3) is 4.99. The zero-order chi connectivity index (χ0) is 16.9. The summed E-state index contributed by atoms with van der Waals surface area (Å²) in [6.45, 7) is 7.23. The molecule has 0 bridgehead atoms. The van der Waals surface area contributed by atoms with Crippen LogP contribution in [0.3, 0.4) is 0 Å². The summed E-state index contributed by atoms with van der Waals surface area (Å²) >= 11 is 0. The first-order chi connectivity index (χ1) is 11.6. The van der Waals surface area contributed by atoms with Gasteiger partial charge in [-0.1, -0.05) is 25.1 Å². The number of piperidine rings is 1. The number of hydrogen-bond donors (Lipinski definition) is 3. The van der Waals surface area contributed by atoms with E-state index < -0.39 is 0 Å². The Kier molecular flexibility index (Phi) is 7.33. The maximum absolute atomic E-state index is 12.2. The second kappa shape index (κ2) is 9.25. The number of aromatic nitrogens is 1. The van der Waals surface area contributed by atoms with Gasteiger partial charge in [0.1, 0.15) is 0 Å². The van der Waals surface area contributed by atoms with Gasteiger partial charge in [-0.3, -0.25) is 4.79 Å². The zero-order valence-corrected chi connectivity index (χ0v) is 16.0. The Morgan fingerprint density at radius 3 is 2.84 bits per heavy atom. The van der Waals surface area contributed by atoms with E-state index in [0.717, 1.165) is 19.5 Å². The van der Waals surface area contributed by atoms with Gasteiger partial charge in [0.05, 0.1) is 0 Å². The van der Waals surface area contributed by atoms with E-state index in [-0.39, 0.29) is 18.3 Å². The molecule has 138 valence electrons. The van der Waals surface area contributed by atoms with E-state index in [1.165, 1.54) is 34.9 Å². The van der Waals surface area contributed by atoms with Crippen LogP contribution in [-0.2, 0) is 11.2 Å². The molecule has 0 saturated carbocycles. The fraction of sp³-hybridized carbons (Fsp3) is 0.550. The van der Waals surface area contributed by atoms with Crippen molar-refractivity contribution in [3.8, 4) is 0 Å². The van der Waals surface area contributed by atoms with Crippen LogP contribution < -0.4 is 10.6 Å². The maximum Gasteiger partial charge on any atom is 0.220 e. The molecule has 3 rings (SSSR count). The monoisotopic (exact) mass is 363 g/mol. The summed E-state index contributed by atoms with van der Waals surface area (Å²) in [6.07, 6.45) is 5.99. The minimum atomic E-state index is 0. The molecule has 1 unspecified atom stereocenters. The maximum atomic E-state index is 12.2. The first-order valence-electron chi connectivity index (χ1n) is 9.18. The molecule has 1 aromatic carbocycles. The van der Waals surface area contributed by atoms with Gasteiger partial charge in [-0.2, -0.15) is 0 Å². The highest BCUT2D eigenvalue weighted by Gasteiger charge is 2.21. The number of aromatic amines is 1. The molecule has 4 nitrogen and oxygen atoms in total. The number of carbonyl (C=O) groups is 1. The Bertz CT molecular complexity index is 691. The quantitative estimate of drug-likeness (QED) is 0.734. The lowest BCUT2D eigenvalue weighted by Gasteiger charge is -2.27. The number of amides is 1. The van der Waals surface area contributed by atoms with Crippen LogP contribution in [0.5, 0.6) is 0 Å². The molecule has 1 aliphatic rings. The van der Waals surface area contributed by atoms with E-state index >= 15 is 0 Å². The molecule has 1 aliphatic heterocycles. The molecule has 3 N–H and O–H groups in total. The van der Waals surface area contributed by atoms with Crippen molar-refractivity contribution < 1.29 is 4.79 Å². The first kappa shape index (κ1) is 19.8. The molecule has 1 aromatic heterocycles. The van der Waals surface area contributed by atoms with E-state index in [1.807, 2.05) is 0 Å². The van der Waals surface area contributed by atoms with E-state index in [1.54, 1.807) is 0 Å². The Labute approximate surface area is 156 Å². The number of nitrogens with one attached hydrogen (secondary N) is 3. The van der Waals surface area contributed by atoms with Crippen molar-refractivity contribution in [2.45, 2.75) is 39.5 Å². The second-order valence-electron chi connectivity index (χ2n) is 7.18. The van der Waals surface area contributed by atoms with Gasteiger partial charge in [0, 0.05) is 30.1 Å². The Balaban J connectivity index is 0.00000225. The molecule has 1 saturated heterocycles. The SMILES string of the molecule is Cc1cccc2c(CCNC(=O)CC(C)C3CCNCC3)c[nH]c12.Cl. The van der Waals surface area contributed by atoms with Crippen molar-refractivity contribution in [3.63, 3.8) is 0 Å². The molecule has 2 aromatic rings. The van der Waals surface area contributed by atoms with E-state index in [2.05, 4.69) is 53.9 Å². The molecule has 1 fully saturated rings. The lowest BCUT2D eigenvalue weighted by molar-refractivity contribution is -0.122. The van der Waals surface area contributed by atoms with Crippen molar-refractivity contribution in [1.29, 1.82) is 0 Å². The average Bonchev–Trinajstić information content (AvgIpc) is 3.00. The third-order valence-corrected chi connectivity index (χ3v) is 5.42. The van der Waals surface area contributed by atoms with Crippen LogP contribution in [0, 0.1) is 18.8 Å². The minimum absolute atomic E-state index is 0. The van der Waals surface area contributed by atoms with Crippen LogP contribution in [-0.4, -0.2) is 30.5 Å². The standard InChI is InChI=1S/C20H29N3O.ClH/c1-14-4-3-5-18-17(13-23-20(14)18)8-11-22-19(24)12-15(2)16-6-9-21-10-7-16;/h3-5,13,15-16,21,23H,6-12H2,1-2H3,(H,22,24);1H. The number of hydrogen-bond acceptors (Lipinski definition) is 2. The van der Waals surface area contributed by atoms with Crippen LogP contribution in [0.25, 0.3) is 10.9 Å². The normalized spacial score (nSPS) is 16.4. The fourth-order valence-electron chi connectivity index (χ4n) is 3.85. The van der Waals surface area contributed by atoms with Gasteiger partial charge in [0.2, 0.25) is 5.91 Å². The minimum Gasteiger partial charge on any atom is -0.361 e. The summed E-state index contributed by atoms with van der Waals surface area (Å²) in [5, 5.41) is 7.76. The Morgan fingerprint density at radius 1 is 1.32 bits per heavy atom. The van der Waals surface area contributed by atoms with Gasteiger partial charge in [0.25, 0.3) is 0 Å². The summed E-state index contributed by atoms with van der Waals surface area (Å²) in [5.74, 6) is 1.36. The van der Waals surface area contributed by atoms with Gasteiger partial charge >= 0.3 is 0 Å². The van der Waals surface area contributed by atoms with Crippen LogP contribution >= 0.6 is 12.4 Å². The number of H-pyrrole nitrogens is 1. The number of halogens is 1. The molecule has 1 atom stereocenters. The topological polar surface area (TPSA) is 56.9 Å². The van der Waals surface area contributed by atoms with Gasteiger partial charge in [-0.25, -0.2) is 0 Å². The van der Waals surface area contributed by atoms with Gasteiger partial charge in [-0.05, 0) is 62.2 Å². The number of carbonyl (C=O) groups excluding carboxylic acids is 1. The third-order valence-electron chi connectivity index (χ3n) is 5.42. The largest absolute Gasteiger partial charge is 0.361 e. The number of benzene rings is 1. The predicted molar refractivity (Wildman–Crippen MR) is 106 cm³/mol. The second-order valence-corrected chi connectivity index (χ2v) is 7.18. The number of para-hydroxylation sites is 1. The molecular formula is C20H30ClN3O. The van der Waals surface area contributed by atoms with Crippen molar-refractivity contribution in [1.82, 2.24) is 15.6 Å². The predicted octanol–water partition coefficient (Wildman–Crippen LogP) is 3.58. The number of rotatable bonds is 6.